The van der Waals surface area contributed by atoms with Crippen molar-refractivity contribution in [3.63, 3.8) is 0 Å². The maximum Gasteiger partial charge on any atom is 0.433 e. The number of nitrogens with zero attached hydrogens (tertiary/aromatic N) is 4. The first-order valence-corrected chi connectivity index (χ1v) is 9.89. The van der Waals surface area contributed by atoms with Gasteiger partial charge in [-0.2, -0.15) is 17.5 Å². The summed E-state index contributed by atoms with van der Waals surface area (Å²) < 4.78 is 65.1. The van der Waals surface area contributed by atoms with E-state index in [-0.39, 0.29) is 47.1 Å². The zero-order chi connectivity index (χ0) is 19.8. The van der Waals surface area contributed by atoms with Crippen LogP contribution in [0.5, 0.6) is 0 Å². The molecule has 0 saturated carbocycles. The Morgan fingerprint density at radius 2 is 1.70 bits per heavy atom. The predicted octanol–water partition coefficient (Wildman–Crippen LogP) is 3.31. The normalized spacial score (nSPS) is 16.6. The Labute approximate surface area is 163 Å². The average molecular weight is 441 g/mol. The van der Waals surface area contributed by atoms with Gasteiger partial charge >= 0.3 is 6.18 Å². The third kappa shape index (κ3) is 4.29. The number of piperazine rings is 1. The summed E-state index contributed by atoms with van der Waals surface area (Å²) in [5, 5.41) is 0.275. The van der Waals surface area contributed by atoms with Crippen molar-refractivity contribution in [2.24, 2.45) is 0 Å². The molecular weight excluding hydrogens is 428 g/mol. The van der Waals surface area contributed by atoms with Crippen LogP contribution in [0.15, 0.2) is 35.4 Å². The van der Waals surface area contributed by atoms with Gasteiger partial charge in [-0.1, -0.05) is 23.2 Å². The van der Waals surface area contributed by atoms with Crippen LogP contribution in [0.2, 0.25) is 10.0 Å². The van der Waals surface area contributed by atoms with Gasteiger partial charge in [0.05, 0.1) is 5.02 Å². The first-order valence-electron chi connectivity index (χ1n) is 7.69. The van der Waals surface area contributed by atoms with E-state index in [2.05, 4.69) is 9.97 Å². The summed E-state index contributed by atoms with van der Waals surface area (Å²) >= 11 is 11.8. The van der Waals surface area contributed by atoms with E-state index in [1.165, 1.54) is 27.4 Å². The van der Waals surface area contributed by atoms with Crippen LogP contribution in [-0.2, 0) is 16.2 Å². The number of halogens is 5. The van der Waals surface area contributed by atoms with Crippen molar-refractivity contribution in [3.8, 4) is 0 Å². The van der Waals surface area contributed by atoms with Gasteiger partial charge in [-0.3, -0.25) is 0 Å². The summed E-state index contributed by atoms with van der Waals surface area (Å²) in [6, 6.07) is 4.92. The van der Waals surface area contributed by atoms with Crippen molar-refractivity contribution < 1.29 is 21.6 Å². The second kappa shape index (κ2) is 7.42. The van der Waals surface area contributed by atoms with Crippen LogP contribution >= 0.6 is 23.2 Å². The molecule has 1 saturated heterocycles. The Balaban J connectivity index is 1.77. The van der Waals surface area contributed by atoms with Crippen molar-refractivity contribution in [2.45, 2.75) is 11.1 Å². The Morgan fingerprint density at radius 1 is 1.04 bits per heavy atom. The summed E-state index contributed by atoms with van der Waals surface area (Å²) in [6.45, 7) is 0.368. The van der Waals surface area contributed by atoms with Crippen molar-refractivity contribution in [1.82, 2.24) is 14.3 Å². The minimum absolute atomic E-state index is 0.0445. The van der Waals surface area contributed by atoms with E-state index in [0.29, 0.717) is 0 Å². The summed E-state index contributed by atoms with van der Waals surface area (Å²) in [5.41, 5.74) is -1.05. The van der Waals surface area contributed by atoms with Gasteiger partial charge in [0.1, 0.15) is 10.6 Å². The van der Waals surface area contributed by atoms with Crippen LogP contribution in [0.1, 0.15) is 5.69 Å². The molecule has 3 rings (SSSR count). The Morgan fingerprint density at radius 3 is 2.33 bits per heavy atom. The van der Waals surface area contributed by atoms with Gasteiger partial charge in [0.15, 0.2) is 0 Å². The lowest BCUT2D eigenvalue weighted by Gasteiger charge is -2.34. The lowest BCUT2D eigenvalue weighted by atomic mass is 10.3. The van der Waals surface area contributed by atoms with Crippen molar-refractivity contribution >= 4 is 39.2 Å². The number of hydrogen-bond acceptors (Lipinski definition) is 5. The molecule has 1 aromatic carbocycles. The number of hydrogen-bond donors (Lipinski definition) is 0. The highest BCUT2D eigenvalue weighted by Crippen LogP contribution is 2.30. The third-order valence-corrected chi connectivity index (χ3v) is 6.58. The molecule has 2 heterocycles. The van der Waals surface area contributed by atoms with Gasteiger partial charge in [0.25, 0.3) is 0 Å². The summed E-state index contributed by atoms with van der Waals surface area (Å²) in [5.74, 6) is -0.0948. The maximum absolute atomic E-state index is 12.8. The highest BCUT2D eigenvalue weighted by atomic mass is 35.5. The molecule has 1 fully saturated rings. The van der Waals surface area contributed by atoms with Crippen LogP contribution in [0, 0.1) is 0 Å². The first-order chi connectivity index (χ1) is 12.6. The zero-order valence-electron chi connectivity index (χ0n) is 13.6. The van der Waals surface area contributed by atoms with Crippen molar-refractivity contribution in [3.05, 3.63) is 46.2 Å². The highest BCUT2D eigenvalue weighted by molar-refractivity contribution is 7.89. The second-order valence-corrected chi connectivity index (χ2v) is 8.46. The number of alkyl halides is 3. The molecular formula is C15H13Cl2F3N4O2S. The molecule has 146 valence electrons. The largest absolute Gasteiger partial charge is 0.433 e. The second-order valence-electron chi connectivity index (χ2n) is 5.71. The third-order valence-electron chi connectivity index (χ3n) is 3.97. The minimum atomic E-state index is -4.58. The molecule has 0 N–H and O–H groups in total. The molecule has 0 atom stereocenters. The summed E-state index contributed by atoms with van der Waals surface area (Å²) in [4.78, 5) is 8.77. The monoisotopic (exact) mass is 440 g/mol. The van der Waals surface area contributed by atoms with Crippen LogP contribution in [0.4, 0.5) is 19.1 Å². The summed E-state index contributed by atoms with van der Waals surface area (Å²) in [6.07, 6.45) is -3.55. The van der Waals surface area contributed by atoms with Gasteiger partial charge in [-0.05, 0) is 24.3 Å². The molecule has 0 aliphatic carbocycles. The maximum atomic E-state index is 12.8. The smallest absolute Gasteiger partial charge is 0.338 e. The Kier molecular flexibility index (Phi) is 5.53. The molecule has 0 spiro atoms. The Bertz CT molecular complexity index is 948. The molecule has 1 aliphatic rings. The minimum Gasteiger partial charge on any atom is -0.338 e. The van der Waals surface area contributed by atoms with E-state index < -0.39 is 21.9 Å². The quantitative estimate of drug-likeness (QED) is 0.732. The standard InChI is InChI=1S/C15H13Cl2F3N4O2S/c16-10-1-2-11(17)12(9-10)27(25,26)24-7-5-23(6-8-24)14-21-4-3-13(22-14)15(18,19)20/h1-4,9H,5-8H2. The molecule has 0 bridgehead atoms. The fourth-order valence-electron chi connectivity index (χ4n) is 2.60. The van der Waals surface area contributed by atoms with E-state index in [4.69, 9.17) is 23.2 Å². The van der Waals surface area contributed by atoms with Crippen LogP contribution in [0.3, 0.4) is 0 Å². The topological polar surface area (TPSA) is 66.4 Å². The van der Waals surface area contributed by atoms with E-state index >= 15 is 0 Å². The zero-order valence-corrected chi connectivity index (χ0v) is 15.9. The number of sulfonamides is 1. The summed E-state index contributed by atoms with van der Waals surface area (Å²) in [7, 11) is -3.88. The molecule has 0 radical (unpaired) electrons. The SMILES string of the molecule is O=S(=O)(c1cc(Cl)ccc1Cl)N1CCN(c2nccc(C(F)(F)F)n2)CC1. The molecule has 27 heavy (non-hydrogen) atoms. The van der Waals surface area contributed by atoms with Crippen LogP contribution in [0.25, 0.3) is 0 Å². The van der Waals surface area contributed by atoms with Gasteiger partial charge in [-0.15, -0.1) is 0 Å². The van der Waals surface area contributed by atoms with E-state index in [0.717, 1.165) is 12.3 Å². The van der Waals surface area contributed by atoms with Gasteiger partial charge < -0.3 is 4.90 Å². The predicted molar refractivity (Wildman–Crippen MR) is 94.5 cm³/mol. The lowest BCUT2D eigenvalue weighted by Crippen LogP contribution is -2.49. The number of anilines is 1. The van der Waals surface area contributed by atoms with Crippen LogP contribution < -0.4 is 4.90 Å². The number of aromatic nitrogens is 2. The van der Waals surface area contributed by atoms with Gasteiger partial charge in [0.2, 0.25) is 16.0 Å². The molecule has 6 nitrogen and oxygen atoms in total. The Hall–Kier alpha value is -1.62. The fourth-order valence-corrected chi connectivity index (χ4v) is 4.76. The molecule has 1 aliphatic heterocycles. The van der Waals surface area contributed by atoms with E-state index in [1.54, 1.807) is 0 Å². The first kappa shape index (κ1) is 20.1. The van der Waals surface area contributed by atoms with Gasteiger partial charge in [-0.25, -0.2) is 18.4 Å². The molecule has 2 aromatic rings. The molecule has 0 amide bonds. The van der Waals surface area contributed by atoms with Gasteiger partial charge in [0, 0.05) is 37.4 Å². The van der Waals surface area contributed by atoms with Crippen molar-refractivity contribution in [1.29, 1.82) is 0 Å². The van der Waals surface area contributed by atoms with Crippen LogP contribution in [-0.4, -0.2) is 48.9 Å². The average Bonchev–Trinajstić information content (AvgIpc) is 2.63. The molecule has 0 unspecified atom stereocenters. The number of rotatable bonds is 3. The molecule has 12 heteroatoms. The van der Waals surface area contributed by atoms with Crippen molar-refractivity contribution in [2.75, 3.05) is 31.1 Å². The number of benzene rings is 1. The fraction of sp³-hybridized carbons (Fsp3) is 0.333. The molecule has 1 aromatic heterocycles. The highest BCUT2D eigenvalue weighted by Gasteiger charge is 2.34. The van der Waals surface area contributed by atoms with E-state index in [1.807, 2.05) is 0 Å². The van der Waals surface area contributed by atoms with E-state index in [9.17, 15) is 21.6 Å². The lowest BCUT2D eigenvalue weighted by molar-refractivity contribution is -0.141.